The maximum Gasteiger partial charge on any atom is 0.0797 e. The Kier molecular flexibility index (Phi) is 4.55. The average Bonchev–Trinajstić information content (AvgIpc) is 2.83. The molecule has 1 aromatic heterocycles. The Hall–Kier alpha value is -0.670. The highest BCUT2D eigenvalue weighted by Gasteiger charge is 2.17. The van der Waals surface area contributed by atoms with Gasteiger partial charge in [0.05, 0.1) is 5.51 Å². The lowest BCUT2D eigenvalue weighted by atomic mass is 9.83. The molecular formula is C13H20N2S. The predicted molar refractivity (Wildman–Crippen MR) is 70.6 cm³/mol. The van der Waals surface area contributed by atoms with Gasteiger partial charge in [-0.3, -0.25) is 4.98 Å². The van der Waals surface area contributed by atoms with Gasteiger partial charge in [0.15, 0.2) is 0 Å². The molecule has 88 valence electrons. The zero-order valence-corrected chi connectivity index (χ0v) is 10.7. The van der Waals surface area contributed by atoms with Crippen LogP contribution >= 0.6 is 11.3 Å². The number of likely N-dealkylation sites (N-methyl/N-ethyl adjacent to an activating group) is 1. The molecule has 0 atom stereocenters. The molecule has 1 N–H and O–H groups in total. The fourth-order valence-corrected chi connectivity index (χ4v) is 3.05. The van der Waals surface area contributed by atoms with E-state index in [1.165, 1.54) is 37.0 Å². The molecule has 0 spiro atoms. The minimum atomic E-state index is 0.795. The lowest BCUT2D eigenvalue weighted by Crippen LogP contribution is -2.18. The van der Waals surface area contributed by atoms with Gasteiger partial charge in [-0.05, 0) is 31.9 Å². The Labute approximate surface area is 102 Å². The molecule has 1 aliphatic carbocycles. The zero-order chi connectivity index (χ0) is 11.2. The van der Waals surface area contributed by atoms with E-state index in [1.54, 1.807) is 16.9 Å². The Balaban J connectivity index is 2.09. The molecule has 2 nitrogen and oxygen atoms in total. The third kappa shape index (κ3) is 3.16. The number of nitrogens with zero attached hydrogens (tertiary/aromatic N) is 1. The summed E-state index contributed by atoms with van der Waals surface area (Å²) in [5.74, 6) is 0.795. The first-order valence-electron chi connectivity index (χ1n) is 6.13. The number of hydrogen-bond donors (Lipinski definition) is 1. The van der Waals surface area contributed by atoms with E-state index in [0.717, 1.165) is 12.5 Å². The molecule has 1 aromatic rings. The molecule has 0 amide bonds. The second kappa shape index (κ2) is 6.16. The van der Waals surface area contributed by atoms with E-state index in [1.807, 2.05) is 18.8 Å². The van der Waals surface area contributed by atoms with Crippen molar-refractivity contribution in [1.29, 1.82) is 0 Å². The first kappa shape index (κ1) is 11.8. The smallest absolute Gasteiger partial charge is 0.0797 e. The van der Waals surface area contributed by atoms with E-state index < -0.39 is 0 Å². The van der Waals surface area contributed by atoms with E-state index in [4.69, 9.17) is 0 Å². The van der Waals surface area contributed by atoms with E-state index in [2.05, 4.69) is 16.4 Å². The number of aromatic nitrogens is 1. The van der Waals surface area contributed by atoms with E-state index in [9.17, 15) is 0 Å². The van der Waals surface area contributed by atoms with Gasteiger partial charge in [-0.25, -0.2) is 0 Å². The fourth-order valence-electron chi connectivity index (χ4n) is 2.47. The van der Waals surface area contributed by atoms with Gasteiger partial charge in [-0.2, -0.15) is 0 Å². The average molecular weight is 236 g/mol. The van der Waals surface area contributed by atoms with Crippen molar-refractivity contribution in [2.24, 2.45) is 5.92 Å². The molecule has 0 aromatic carbocycles. The maximum absolute atomic E-state index is 4.13. The summed E-state index contributed by atoms with van der Waals surface area (Å²) in [4.78, 5) is 5.42. The Morgan fingerprint density at radius 3 is 2.94 bits per heavy atom. The number of rotatable bonds is 4. The summed E-state index contributed by atoms with van der Waals surface area (Å²) in [6.07, 6.45) is 11.2. The number of nitrogens with one attached hydrogen (secondary N) is 1. The summed E-state index contributed by atoms with van der Waals surface area (Å²) >= 11 is 1.73. The van der Waals surface area contributed by atoms with E-state index >= 15 is 0 Å². The molecule has 2 rings (SSSR count). The molecule has 0 saturated heterocycles. The van der Waals surface area contributed by atoms with Crippen LogP contribution in [0, 0.1) is 5.92 Å². The minimum Gasteiger partial charge on any atom is -0.316 e. The molecule has 1 fully saturated rings. The van der Waals surface area contributed by atoms with Crippen molar-refractivity contribution in [3.63, 3.8) is 0 Å². The first-order chi connectivity index (χ1) is 7.90. The summed E-state index contributed by atoms with van der Waals surface area (Å²) in [5, 5.41) is 3.29. The Morgan fingerprint density at radius 1 is 1.50 bits per heavy atom. The largest absolute Gasteiger partial charge is 0.316 e. The van der Waals surface area contributed by atoms with Crippen LogP contribution in [0.5, 0.6) is 0 Å². The SMILES string of the molecule is CNCC(=Cc1cncs1)C1CCCCC1. The van der Waals surface area contributed by atoms with Gasteiger partial charge in [-0.15, -0.1) is 11.3 Å². The molecule has 0 unspecified atom stereocenters. The molecule has 0 radical (unpaired) electrons. The van der Waals surface area contributed by atoms with Crippen LogP contribution in [-0.2, 0) is 0 Å². The lowest BCUT2D eigenvalue weighted by molar-refractivity contribution is 0.398. The van der Waals surface area contributed by atoms with E-state index in [-0.39, 0.29) is 0 Å². The van der Waals surface area contributed by atoms with Crippen molar-refractivity contribution in [1.82, 2.24) is 10.3 Å². The van der Waals surface area contributed by atoms with Crippen LogP contribution in [0.2, 0.25) is 0 Å². The quantitative estimate of drug-likeness (QED) is 0.867. The maximum atomic E-state index is 4.13. The third-order valence-electron chi connectivity index (χ3n) is 3.29. The summed E-state index contributed by atoms with van der Waals surface area (Å²) in [6.45, 7) is 1.02. The van der Waals surface area contributed by atoms with Crippen LogP contribution in [0.15, 0.2) is 17.3 Å². The molecule has 1 saturated carbocycles. The molecule has 1 aliphatic rings. The lowest BCUT2D eigenvalue weighted by Gasteiger charge is -2.24. The molecule has 16 heavy (non-hydrogen) atoms. The topological polar surface area (TPSA) is 24.9 Å². The van der Waals surface area contributed by atoms with Crippen LogP contribution in [0.25, 0.3) is 6.08 Å². The van der Waals surface area contributed by atoms with Crippen molar-refractivity contribution in [2.45, 2.75) is 32.1 Å². The Morgan fingerprint density at radius 2 is 2.31 bits per heavy atom. The molecular weight excluding hydrogens is 216 g/mol. The van der Waals surface area contributed by atoms with Crippen LogP contribution in [-0.4, -0.2) is 18.6 Å². The highest BCUT2D eigenvalue weighted by atomic mass is 32.1. The zero-order valence-electron chi connectivity index (χ0n) is 9.91. The van der Waals surface area contributed by atoms with Crippen LogP contribution in [0.1, 0.15) is 37.0 Å². The van der Waals surface area contributed by atoms with Gasteiger partial charge in [0.1, 0.15) is 0 Å². The van der Waals surface area contributed by atoms with Crippen molar-refractivity contribution < 1.29 is 0 Å². The van der Waals surface area contributed by atoms with Gasteiger partial charge in [0.2, 0.25) is 0 Å². The normalized spacial score (nSPS) is 18.9. The molecule has 1 heterocycles. The molecule has 0 bridgehead atoms. The van der Waals surface area contributed by atoms with Crippen molar-refractivity contribution >= 4 is 17.4 Å². The fraction of sp³-hybridized carbons (Fsp3) is 0.615. The number of thiazole rings is 1. The van der Waals surface area contributed by atoms with Crippen molar-refractivity contribution in [3.05, 3.63) is 22.2 Å². The van der Waals surface area contributed by atoms with Gasteiger partial charge in [0, 0.05) is 17.6 Å². The summed E-state index contributed by atoms with van der Waals surface area (Å²) < 4.78 is 0. The second-order valence-electron chi connectivity index (χ2n) is 4.49. The van der Waals surface area contributed by atoms with Gasteiger partial charge < -0.3 is 5.32 Å². The standard InChI is InChI=1S/C13H20N2S/c1-14-8-12(7-13-9-15-10-16-13)11-5-3-2-4-6-11/h7,9-11,14H,2-6,8H2,1H3. The predicted octanol–water partition coefficient (Wildman–Crippen LogP) is 3.33. The highest BCUT2D eigenvalue weighted by Crippen LogP contribution is 2.30. The first-order valence-corrected chi connectivity index (χ1v) is 7.01. The Bertz CT molecular complexity index is 324. The molecule has 3 heteroatoms. The highest BCUT2D eigenvalue weighted by molar-refractivity contribution is 7.10. The third-order valence-corrected chi connectivity index (χ3v) is 4.01. The van der Waals surface area contributed by atoms with Crippen molar-refractivity contribution in [2.75, 3.05) is 13.6 Å². The monoisotopic (exact) mass is 236 g/mol. The summed E-state index contributed by atoms with van der Waals surface area (Å²) in [6, 6.07) is 0. The van der Waals surface area contributed by atoms with Crippen LogP contribution in [0.3, 0.4) is 0 Å². The van der Waals surface area contributed by atoms with Gasteiger partial charge >= 0.3 is 0 Å². The minimum absolute atomic E-state index is 0.795. The van der Waals surface area contributed by atoms with E-state index in [0.29, 0.717) is 0 Å². The van der Waals surface area contributed by atoms with Gasteiger partial charge in [0.25, 0.3) is 0 Å². The van der Waals surface area contributed by atoms with Crippen molar-refractivity contribution in [3.8, 4) is 0 Å². The summed E-state index contributed by atoms with van der Waals surface area (Å²) in [7, 11) is 2.03. The van der Waals surface area contributed by atoms with Gasteiger partial charge in [-0.1, -0.05) is 24.8 Å². The number of hydrogen-bond acceptors (Lipinski definition) is 3. The molecule has 0 aliphatic heterocycles. The summed E-state index contributed by atoms with van der Waals surface area (Å²) in [5.41, 5.74) is 3.47. The van der Waals surface area contributed by atoms with Crippen LogP contribution < -0.4 is 5.32 Å². The second-order valence-corrected chi connectivity index (χ2v) is 5.41. The van der Waals surface area contributed by atoms with Crippen LogP contribution in [0.4, 0.5) is 0 Å².